The van der Waals surface area contributed by atoms with Gasteiger partial charge in [0.1, 0.15) is 5.82 Å². The van der Waals surface area contributed by atoms with Gasteiger partial charge in [0.15, 0.2) is 0 Å². The van der Waals surface area contributed by atoms with Crippen LogP contribution in [0, 0.1) is 0 Å². The Morgan fingerprint density at radius 2 is 1.95 bits per heavy atom. The highest BCUT2D eigenvalue weighted by atomic mass is 16.5. The van der Waals surface area contributed by atoms with Crippen LogP contribution >= 0.6 is 0 Å². The number of fused-ring (bicyclic) bond motifs is 1. The molecule has 2 N–H and O–H groups in total. The van der Waals surface area contributed by atoms with Crippen LogP contribution < -0.4 is 5.73 Å². The first-order valence-electron chi connectivity index (χ1n) is 6.72. The maximum atomic E-state index is 6.05. The Hall–Kier alpha value is -2.53. The van der Waals surface area contributed by atoms with Gasteiger partial charge in [-0.05, 0) is 35.6 Å². The zero-order valence-corrected chi connectivity index (χ0v) is 11.8. The topological polar surface area (TPSA) is 73.9 Å². The molecule has 0 unspecified atom stereocenters. The second-order valence-electron chi connectivity index (χ2n) is 4.77. The predicted octanol–water partition coefficient (Wildman–Crippen LogP) is 2.46. The van der Waals surface area contributed by atoms with Crippen molar-refractivity contribution in [3.05, 3.63) is 48.5 Å². The highest BCUT2D eigenvalue weighted by molar-refractivity contribution is 5.93. The Balaban J connectivity index is 2.12. The molecule has 3 heterocycles. The van der Waals surface area contributed by atoms with E-state index in [9.17, 15) is 0 Å². The van der Waals surface area contributed by atoms with Gasteiger partial charge in [-0.25, -0.2) is 4.98 Å². The van der Waals surface area contributed by atoms with Crippen molar-refractivity contribution in [2.24, 2.45) is 0 Å². The van der Waals surface area contributed by atoms with Crippen LogP contribution in [0.15, 0.2) is 43.0 Å². The van der Waals surface area contributed by atoms with Gasteiger partial charge in [0.25, 0.3) is 0 Å². The largest absolute Gasteiger partial charge is 0.384 e. The minimum atomic E-state index is 0.483. The molecule has 5 heteroatoms. The average molecular weight is 280 g/mol. The van der Waals surface area contributed by atoms with Gasteiger partial charge in [-0.1, -0.05) is 0 Å². The summed E-state index contributed by atoms with van der Waals surface area (Å²) in [4.78, 5) is 12.8. The van der Waals surface area contributed by atoms with Gasteiger partial charge in [0.2, 0.25) is 0 Å². The summed E-state index contributed by atoms with van der Waals surface area (Å²) in [6.45, 7) is 0.657. The van der Waals surface area contributed by atoms with E-state index in [-0.39, 0.29) is 0 Å². The normalized spacial score (nSPS) is 10.9. The summed E-state index contributed by atoms with van der Waals surface area (Å²) in [6, 6.07) is 5.94. The van der Waals surface area contributed by atoms with Crippen molar-refractivity contribution in [3.63, 3.8) is 0 Å². The minimum absolute atomic E-state index is 0.483. The third-order valence-electron chi connectivity index (χ3n) is 3.43. The van der Waals surface area contributed by atoms with Crippen LogP contribution in [0.25, 0.3) is 22.0 Å². The van der Waals surface area contributed by atoms with E-state index in [4.69, 9.17) is 10.5 Å². The van der Waals surface area contributed by atoms with Crippen LogP contribution in [-0.2, 0) is 11.2 Å². The molecule has 0 saturated carbocycles. The van der Waals surface area contributed by atoms with Crippen molar-refractivity contribution in [1.82, 2.24) is 15.0 Å². The van der Waals surface area contributed by atoms with Crippen LogP contribution in [-0.4, -0.2) is 28.7 Å². The first-order valence-corrected chi connectivity index (χ1v) is 6.72. The molecule has 0 amide bonds. The molecule has 0 aromatic carbocycles. The Morgan fingerprint density at radius 1 is 1.14 bits per heavy atom. The van der Waals surface area contributed by atoms with Crippen molar-refractivity contribution in [3.8, 4) is 11.3 Å². The number of aromatic nitrogens is 3. The average Bonchev–Trinajstić information content (AvgIpc) is 2.53. The number of methoxy groups -OCH3 is 1. The van der Waals surface area contributed by atoms with Gasteiger partial charge in [-0.2, -0.15) is 0 Å². The summed E-state index contributed by atoms with van der Waals surface area (Å²) in [7, 11) is 1.69. The van der Waals surface area contributed by atoms with E-state index < -0.39 is 0 Å². The summed E-state index contributed by atoms with van der Waals surface area (Å²) in [5.74, 6) is 0.483. The number of nitrogens with two attached hydrogens (primary N) is 1. The molecule has 0 saturated heterocycles. The molecule has 0 aliphatic rings. The van der Waals surface area contributed by atoms with Crippen molar-refractivity contribution in [1.29, 1.82) is 0 Å². The number of anilines is 1. The number of ether oxygens (including phenoxy) is 1. The fourth-order valence-electron chi connectivity index (χ4n) is 2.34. The lowest BCUT2D eigenvalue weighted by atomic mass is 10.0. The Kier molecular flexibility index (Phi) is 3.75. The van der Waals surface area contributed by atoms with E-state index >= 15 is 0 Å². The summed E-state index contributed by atoms with van der Waals surface area (Å²) in [6.07, 6.45) is 7.89. The van der Waals surface area contributed by atoms with Gasteiger partial charge < -0.3 is 10.5 Å². The molecule has 3 aromatic rings. The fraction of sp³-hybridized carbons (Fsp3) is 0.188. The number of pyridine rings is 3. The van der Waals surface area contributed by atoms with Gasteiger partial charge in [0, 0.05) is 42.8 Å². The first kappa shape index (κ1) is 13.5. The minimum Gasteiger partial charge on any atom is -0.384 e. The number of hydrogen-bond acceptors (Lipinski definition) is 5. The highest BCUT2D eigenvalue weighted by Crippen LogP contribution is 2.27. The monoisotopic (exact) mass is 280 g/mol. The lowest BCUT2D eigenvalue weighted by Crippen LogP contribution is -2.00. The van der Waals surface area contributed by atoms with E-state index in [0.717, 1.165) is 34.0 Å². The number of hydrogen-bond donors (Lipinski definition) is 1. The summed E-state index contributed by atoms with van der Waals surface area (Å²) >= 11 is 0. The zero-order valence-electron chi connectivity index (χ0n) is 11.8. The van der Waals surface area contributed by atoms with E-state index in [1.54, 1.807) is 25.7 Å². The second kappa shape index (κ2) is 5.85. The van der Waals surface area contributed by atoms with Crippen LogP contribution in [0.3, 0.4) is 0 Å². The Bertz CT molecular complexity index is 773. The molecule has 5 nitrogen and oxygen atoms in total. The predicted molar refractivity (Wildman–Crippen MR) is 82.8 cm³/mol. The zero-order chi connectivity index (χ0) is 14.7. The van der Waals surface area contributed by atoms with E-state index in [0.29, 0.717) is 12.4 Å². The smallest absolute Gasteiger partial charge is 0.133 e. The van der Waals surface area contributed by atoms with Gasteiger partial charge in [-0.3, -0.25) is 9.97 Å². The maximum Gasteiger partial charge on any atom is 0.133 e. The van der Waals surface area contributed by atoms with Crippen LogP contribution in [0.5, 0.6) is 0 Å². The van der Waals surface area contributed by atoms with Crippen LogP contribution in [0.4, 0.5) is 5.82 Å². The van der Waals surface area contributed by atoms with Crippen molar-refractivity contribution in [2.45, 2.75) is 6.42 Å². The molecule has 3 rings (SSSR count). The maximum absolute atomic E-state index is 6.05. The highest BCUT2D eigenvalue weighted by Gasteiger charge is 2.09. The molecule has 3 aromatic heterocycles. The molecule has 0 bridgehead atoms. The summed E-state index contributed by atoms with van der Waals surface area (Å²) in [5.41, 5.74) is 9.00. The summed E-state index contributed by atoms with van der Waals surface area (Å²) < 4.78 is 5.16. The van der Waals surface area contributed by atoms with Crippen molar-refractivity contribution < 1.29 is 4.74 Å². The lowest BCUT2D eigenvalue weighted by molar-refractivity contribution is 0.202. The molecule has 0 spiro atoms. The van der Waals surface area contributed by atoms with Crippen molar-refractivity contribution >= 4 is 16.6 Å². The number of nitrogens with zero attached hydrogens (tertiary/aromatic N) is 3. The van der Waals surface area contributed by atoms with Crippen LogP contribution in [0.2, 0.25) is 0 Å². The molecule has 0 fully saturated rings. The standard InChI is InChI=1S/C16H16N4O/c1-21-7-4-11-2-5-18-9-13(11)15-8-12-3-6-19-10-14(12)16(17)20-15/h2-3,5-6,8-10H,4,7H2,1H3,(H2,17,20). The number of rotatable bonds is 4. The van der Waals surface area contributed by atoms with Gasteiger partial charge >= 0.3 is 0 Å². The van der Waals surface area contributed by atoms with E-state index in [2.05, 4.69) is 15.0 Å². The first-order chi connectivity index (χ1) is 10.3. The third-order valence-corrected chi connectivity index (χ3v) is 3.43. The molecule has 0 atom stereocenters. The van der Waals surface area contributed by atoms with Crippen molar-refractivity contribution in [2.75, 3.05) is 19.5 Å². The quantitative estimate of drug-likeness (QED) is 0.794. The third kappa shape index (κ3) is 2.68. The summed E-state index contributed by atoms with van der Waals surface area (Å²) in [5, 5.41) is 1.89. The Morgan fingerprint density at radius 3 is 2.81 bits per heavy atom. The molecule has 106 valence electrons. The molecule has 21 heavy (non-hydrogen) atoms. The molecule has 0 aliphatic heterocycles. The molecular weight excluding hydrogens is 264 g/mol. The van der Waals surface area contributed by atoms with Gasteiger partial charge in [-0.15, -0.1) is 0 Å². The lowest BCUT2D eigenvalue weighted by Gasteiger charge is -2.10. The molecular formula is C16H16N4O. The molecule has 0 aliphatic carbocycles. The van der Waals surface area contributed by atoms with E-state index in [1.165, 1.54) is 0 Å². The van der Waals surface area contributed by atoms with Crippen LogP contribution in [0.1, 0.15) is 5.56 Å². The fourth-order valence-corrected chi connectivity index (χ4v) is 2.34. The second-order valence-corrected chi connectivity index (χ2v) is 4.77. The molecule has 0 radical (unpaired) electrons. The number of nitrogen functional groups attached to an aromatic ring is 1. The van der Waals surface area contributed by atoms with Gasteiger partial charge in [0.05, 0.1) is 12.3 Å². The SMILES string of the molecule is COCCc1ccncc1-c1cc2ccncc2c(N)n1. The Labute approximate surface area is 122 Å². The van der Waals surface area contributed by atoms with E-state index in [1.807, 2.05) is 24.4 Å².